The summed E-state index contributed by atoms with van der Waals surface area (Å²) in [5, 5.41) is 15.8. The number of amides is 1. The predicted molar refractivity (Wildman–Crippen MR) is 84.2 cm³/mol. The van der Waals surface area contributed by atoms with E-state index in [4.69, 9.17) is 9.63 Å². The van der Waals surface area contributed by atoms with Crippen LogP contribution in [-0.4, -0.2) is 52.2 Å². The summed E-state index contributed by atoms with van der Waals surface area (Å²) >= 11 is 0. The molecule has 7 heteroatoms. The van der Waals surface area contributed by atoms with Gasteiger partial charge in [0.15, 0.2) is 0 Å². The van der Waals surface area contributed by atoms with Crippen molar-refractivity contribution in [3.63, 3.8) is 0 Å². The molecule has 1 saturated carbocycles. The van der Waals surface area contributed by atoms with Gasteiger partial charge in [0.1, 0.15) is 5.76 Å². The predicted octanol–water partition coefficient (Wildman–Crippen LogP) is 1.45. The van der Waals surface area contributed by atoms with Crippen molar-refractivity contribution in [1.82, 2.24) is 15.4 Å². The Kier molecular flexibility index (Phi) is 5.41. The maximum Gasteiger partial charge on any atom is 0.317 e. The molecule has 0 spiro atoms. The molecule has 0 aromatic carbocycles. The van der Waals surface area contributed by atoms with Gasteiger partial charge in [-0.25, -0.2) is 0 Å². The second-order valence-electron chi connectivity index (χ2n) is 6.25. The van der Waals surface area contributed by atoms with Crippen LogP contribution in [0.15, 0.2) is 4.52 Å². The molecule has 128 valence electrons. The van der Waals surface area contributed by atoms with Crippen molar-refractivity contribution in [2.24, 2.45) is 0 Å². The number of nitrogens with zero attached hydrogens (tertiary/aromatic N) is 2. The molecule has 1 amide bonds. The third kappa shape index (κ3) is 3.90. The zero-order chi connectivity index (χ0) is 17.1. The van der Waals surface area contributed by atoms with Crippen LogP contribution in [-0.2, 0) is 9.59 Å². The van der Waals surface area contributed by atoms with E-state index in [-0.39, 0.29) is 30.5 Å². The minimum absolute atomic E-state index is 0.0378. The largest absolute Gasteiger partial charge is 0.480 e. The number of carbonyl (C=O) groups excluding carboxylic acids is 1. The summed E-state index contributed by atoms with van der Waals surface area (Å²) in [5.74, 6) is -0.479. The number of hydrogen-bond acceptors (Lipinski definition) is 5. The number of nitrogens with one attached hydrogen (secondary N) is 1. The summed E-state index contributed by atoms with van der Waals surface area (Å²) in [6.45, 7) is 8.20. The van der Waals surface area contributed by atoms with Gasteiger partial charge in [0.25, 0.3) is 0 Å². The van der Waals surface area contributed by atoms with Gasteiger partial charge in [-0.3, -0.25) is 14.5 Å². The van der Waals surface area contributed by atoms with Gasteiger partial charge in [-0.2, -0.15) is 0 Å². The number of rotatable bonds is 7. The van der Waals surface area contributed by atoms with E-state index in [0.717, 1.165) is 24.1 Å². The second-order valence-corrected chi connectivity index (χ2v) is 6.25. The molecule has 1 heterocycles. The number of aromatic nitrogens is 1. The van der Waals surface area contributed by atoms with E-state index in [1.165, 1.54) is 0 Å². The topological polar surface area (TPSA) is 95.7 Å². The van der Waals surface area contributed by atoms with Crippen molar-refractivity contribution in [2.75, 3.05) is 13.1 Å². The van der Waals surface area contributed by atoms with E-state index < -0.39 is 5.97 Å². The van der Waals surface area contributed by atoms with Gasteiger partial charge < -0.3 is 14.9 Å². The van der Waals surface area contributed by atoms with Crippen LogP contribution in [0.25, 0.3) is 0 Å². The van der Waals surface area contributed by atoms with Gasteiger partial charge in [0.05, 0.1) is 18.2 Å². The first kappa shape index (κ1) is 17.5. The van der Waals surface area contributed by atoms with Crippen molar-refractivity contribution in [3.8, 4) is 0 Å². The molecule has 0 unspecified atom stereocenters. The number of likely N-dealkylation sites (N-methyl/N-ethyl adjacent to an activating group) is 1. The molecule has 2 N–H and O–H groups in total. The molecule has 1 aliphatic carbocycles. The summed E-state index contributed by atoms with van der Waals surface area (Å²) in [7, 11) is 0. The molecule has 0 radical (unpaired) electrons. The Morgan fingerprint density at radius 1 is 1.43 bits per heavy atom. The molecular weight excluding hydrogens is 298 g/mol. The monoisotopic (exact) mass is 323 g/mol. The third-order valence-electron chi connectivity index (χ3n) is 4.64. The van der Waals surface area contributed by atoms with Gasteiger partial charge in [0.2, 0.25) is 5.91 Å². The molecule has 1 aliphatic rings. The molecule has 0 saturated heterocycles. The highest BCUT2D eigenvalue weighted by Gasteiger charge is 2.35. The number of carbonyl (C=O) groups is 2. The lowest BCUT2D eigenvalue weighted by Gasteiger charge is -2.42. The van der Waals surface area contributed by atoms with Crippen molar-refractivity contribution in [2.45, 2.75) is 58.5 Å². The standard InChI is InChI=1S/C16H25N3O4/c1-5-19(8-14(20)21)13-6-12(7-13)17-16(22)9(2)15-10(3)18-23-11(15)4/h9,12-13H,5-8H2,1-4H3,(H,17,22)(H,20,21)/t9-,12?,13?/m0/s1. The zero-order valence-electron chi connectivity index (χ0n) is 14.1. The fourth-order valence-electron chi connectivity index (χ4n) is 3.24. The van der Waals surface area contributed by atoms with Crippen LogP contribution in [0.2, 0.25) is 0 Å². The average molecular weight is 323 g/mol. The van der Waals surface area contributed by atoms with Crippen LogP contribution in [0.5, 0.6) is 0 Å². The SMILES string of the molecule is CCN(CC(=O)O)C1CC(NC(=O)[C@@H](C)c2c(C)noc2C)C1. The van der Waals surface area contributed by atoms with Crippen molar-refractivity contribution in [3.05, 3.63) is 17.0 Å². The van der Waals surface area contributed by atoms with Crippen molar-refractivity contribution in [1.29, 1.82) is 0 Å². The van der Waals surface area contributed by atoms with Crippen LogP contribution in [0.3, 0.4) is 0 Å². The van der Waals surface area contributed by atoms with Crippen LogP contribution < -0.4 is 5.32 Å². The lowest BCUT2D eigenvalue weighted by atomic mass is 9.84. The number of carboxylic acids is 1. The Morgan fingerprint density at radius 3 is 2.57 bits per heavy atom. The normalized spacial score (nSPS) is 21.8. The van der Waals surface area contributed by atoms with Gasteiger partial charge in [0, 0.05) is 17.6 Å². The fourth-order valence-corrected chi connectivity index (χ4v) is 3.24. The summed E-state index contributed by atoms with van der Waals surface area (Å²) in [6, 6.07) is 0.342. The molecule has 1 aromatic rings. The van der Waals surface area contributed by atoms with Gasteiger partial charge in [-0.1, -0.05) is 12.1 Å². The van der Waals surface area contributed by atoms with E-state index in [0.29, 0.717) is 12.3 Å². The molecular formula is C16H25N3O4. The molecule has 1 aromatic heterocycles. The first-order valence-electron chi connectivity index (χ1n) is 8.02. The van der Waals surface area contributed by atoms with E-state index in [9.17, 15) is 9.59 Å². The maximum absolute atomic E-state index is 12.4. The Labute approximate surface area is 136 Å². The molecule has 0 aliphatic heterocycles. The van der Waals surface area contributed by atoms with Gasteiger partial charge >= 0.3 is 5.97 Å². The highest BCUT2D eigenvalue weighted by molar-refractivity contribution is 5.84. The van der Waals surface area contributed by atoms with Gasteiger partial charge in [-0.15, -0.1) is 0 Å². The highest BCUT2D eigenvalue weighted by Crippen LogP contribution is 2.28. The quantitative estimate of drug-likeness (QED) is 0.788. The molecule has 1 fully saturated rings. The summed E-state index contributed by atoms with van der Waals surface area (Å²) in [5.41, 5.74) is 1.59. The van der Waals surface area contributed by atoms with Crippen molar-refractivity contribution >= 4 is 11.9 Å². The average Bonchev–Trinajstić information content (AvgIpc) is 2.78. The van der Waals surface area contributed by atoms with Crippen LogP contribution in [0.1, 0.15) is 49.6 Å². The first-order chi connectivity index (χ1) is 10.8. The molecule has 7 nitrogen and oxygen atoms in total. The third-order valence-corrected chi connectivity index (χ3v) is 4.64. The summed E-state index contributed by atoms with van der Waals surface area (Å²) in [4.78, 5) is 25.1. The van der Waals surface area contributed by atoms with E-state index >= 15 is 0 Å². The lowest BCUT2D eigenvalue weighted by molar-refractivity contribution is -0.139. The van der Waals surface area contributed by atoms with Crippen LogP contribution in [0.4, 0.5) is 0 Å². The molecule has 0 bridgehead atoms. The first-order valence-corrected chi connectivity index (χ1v) is 8.02. The Hall–Kier alpha value is -1.89. The van der Waals surface area contributed by atoms with E-state index in [2.05, 4.69) is 10.5 Å². The van der Waals surface area contributed by atoms with E-state index in [1.807, 2.05) is 32.6 Å². The number of carboxylic acid groups (broad SMARTS) is 1. The number of aryl methyl sites for hydroxylation is 2. The van der Waals surface area contributed by atoms with Gasteiger partial charge in [-0.05, 0) is 40.2 Å². The molecule has 23 heavy (non-hydrogen) atoms. The van der Waals surface area contributed by atoms with Crippen LogP contribution >= 0.6 is 0 Å². The lowest BCUT2D eigenvalue weighted by Crippen LogP contribution is -2.55. The Morgan fingerprint density at radius 2 is 2.09 bits per heavy atom. The zero-order valence-corrected chi connectivity index (χ0v) is 14.1. The minimum Gasteiger partial charge on any atom is -0.480 e. The minimum atomic E-state index is -0.814. The molecule has 1 atom stereocenters. The maximum atomic E-state index is 12.4. The smallest absolute Gasteiger partial charge is 0.317 e. The second kappa shape index (κ2) is 7.12. The van der Waals surface area contributed by atoms with Crippen LogP contribution in [0, 0.1) is 13.8 Å². The molecule has 2 rings (SSSR count). The number of hydrogen-bond donors (Lipinski definition) is 2. The van der Waals surface area contributed by atoms with Crippen molar-refractivity contribution < 1.29 is 19.2 Å². The number of aliphatic carboxylic acids is 1. The Balaban J connectivity index is 1.85. The summed E-state index contributed by atoms with van der Waals surface area (Å²) in [6.07, 6.45) is 1.59. The van der Waals surface area contributed by atoms with E-state index in [1.54, 1.807) is 0 Å². The Bertz CT molecular complexity index is 558. The highest BCUT2D eigenvalue weighted by atomic mass is 16.5. The summed E-state index contributed by atoms with van der Waals surface area (Å²) < 4.78 is 5.12. The fraction of sp³-hybridized carbons (Fsp3) is 0.688.